The normalized spacial score (nSPS) is 23.1. The molecule has 1 fully saturated rings. The highest BCUT2D eigenvalue weighted by Gasteiger charge is 2.25. The van der Waals surface area contributed by atoms with Gasteiger partial charge in [-0.05, 0) is 29.9 Å². The summed E-state index contributed by atoms with van der Waals surface area (Å²) >= 11 is 0. The lowest BCUT2D eigenvalue weighted by molar-refractivity contribution is 0.149. The van der Waals surface area contributed by atoms with Crippen LogP contribution in [0, 0.1) is 5.92 Å². The number of nitrogens with two attached hydrogens (primary N) is 1. The molecule has 1 heterocycles. The molecule has 3 rings (SSSR count). The van der Waals surface area contributed by atoms with Crippen molar-refractivity contribution in [3.05, 3.63) is 71.8 Å². The third-order valence-corrected chi connectivity index (χ3v) is 4.26. The van der Waals surface area contributed by atoms with Crippen LogP contribution in [-0.2, 0) is 13.0 Å². The summed E-state index contributed by atoms with van der Waals surface area (Å²) in [5.74, 6) is 0.667. The highest BCUT2D eigenvalue weighted by atomic mass is 15.1. The highest BCUT2D eigenvalue weighted by Crippen LogP contribution is 2.21. The maximum atomic E-state index is 6.28. The van der Waals surface area contributed by atoms with Crippen molar-refractivity contribution >= 4 is 0 Å². The lowest BCUT2D eigenvalue weighted by atomic mass is 9.89. The predicted molar refractivity (Wildman–Crippen MR) is 87.9 cm³/mol. The largest absolute Gasteiger partial charge is 0.327 e. The van der Waals surface area contributed by atoms with Gasteiger partial charge < -0.3 is 5.73 Å². The molecule has 110 valence electrons. The smallest absolute Gasteiger partial charge is 0.0234 e. The van der Waals surface area contributed by atoms with E-state index in [0.717, 1.165) is 32.5 Å². The van der Waals surface area contributed by atoms with Crippen molar-refractivity contribution in [1.29, 1.82) is 0 Å². The fraction of sp³-hybridized carbons (Fsp3) is 0.368. The Labute approximate surface area is 127 Å². The van der Waals surface area contributed by atoms with Crippen molar-refractivity contribution in [2.45, 2.75) is 25.4 Å². The number of nitrogens with zero attached hydrogens (tertiary/aromatic N) is 1. The van der Waals surface area contributed by atoms with Crippen molar-refractivity contribution < 1.29 is 0 Å². The Hall–Kier alpha value is -1.64. The molecule has 0 saturated carbocycles. The van der Waals surface area contributed by atoms with Crippen molar-refractivity contribution in [3.8, 4) is 0 Å². The van der Waals surface area contributed by atoms with Gasteiger partial charge >= 0.3 is 0 Å². The summed E-state index contributed by atoms with van der Waals surface area (Å²) in [5.41, 5.74) is 9.09. The summed E-state index contributed by atoms with van der Waals surface area (Å²) < 4.78 is 0. The van der Waals surface area contributed by atoms with Gasteiger partial charge in [-0.3, -0.25) is 4.90 Å². The monoisotopic (exact) mass is 280 g/mol. The Morgan fingerprint density at radius 3 is 2.14 bits per heavy atom. The average Bonchev–Trinajstić information content (AvgIpc) is 2.48. The van der Waals surface area contributed by atoms with Gasteiger partial charge in [-0.25, -0.2) is 0 Å². The molecule has 2 heteroatoms. The summed E-state index contributed by atoms with van der Waals surface area (Å²) in [6.07, 6.45) is 2.28. The van der Waals surface area contributed by atoms with Crippen molar-refractivity contribution in [3.63, 3.8) is 0 Å². The van der Waals surface area contributed by atoms with E-state index in [1.54, 1.807) is 0 Å². The molecule has 0 amide bonds. The van der Waals surface area contributed by atoms with Crippen LogP contribution in [0.25, 0.3) is 0 Å². The second kappa shape index (κ2) is 6.88. The van der Waals surface area contributed by atoms with Crippen LogP contribution >= 0.6 is 0 Å². The average molecular weight is 280 g/mol. The van der Waals surface area contributed by atoms with E-state index in [1.165, 1.54) is 11.1 Å². The van der Waals surface area contributed by atoms with Crippen molar-refractivity contribution in [2.24, 2.45) is 11.7 Å². The van der Waals surface area contributed by atoms with Gasteiger partial charge in [0, 0.05) is 25.7 Å². The molecule has 2 aromatic carbocycles. The van der Waals surface area contributed by atoms with Gasteiger partial charge in [0.15, 0.2) is 0 Å². The van der Waals surface area contributed by atoms with Crippen LogP contribution < -0.4 is 5.73 Å². The van der Waals surface area contributed by atoms with Crippen molar-refractivity contribution in [1.82, 2.24) is 4.90 Å². The number of piperidine rings is 1. The molecular formula is C19H24N2. The standard InChI is InChI=1S/C19H24N2/c20-19-12-18(11-16-7-3-1-4-8-16)14-21(15-19)13-17-9-5-2-6-10-17/h1-10,18-19H,11-15,20H2. The molecule has 2 nitrogen and oxygen atoms in total. The first-order valence-electron chi connectivity index (χ1n) is 7.85. The zero-order chi connectivity index (χ0) is 14.5. The van der Waals surface area contributed by atoms with Gasteiger partial charge in [-0.15, -0.1) is 0 Å². The zero-order valence-corrected chi connectivity index (χ0v) is 12.5. The van der Waals surface area contributed by atoms with Gasteiger partial charge in [-0.2, -0.15) is 0 Å². The second-order valence-corrected chi connectivity index (χ2v) is 6.23. The molecule has 2 N–H and O–H groups in total. The summed E-state index contributed by atoms with van der Waals surface area (Å²) in [6.45, 7) is 3.18. The van der Waals surface area contributed by atoms with Crippen LogP contribution in [0.3, 0.4) is 0 Å². The second-order valence-electron chi connectivity index (χ2n) is 6.23. The first-order valence-corrected chi connectivity index (χ1v) is 7.85. The Balaban J connectivity index is 1.62. The Kier molecular flexibility index (Phi) is 4.69. The summed E-state index contributed by atoms with van der Waals surface area (Å²) in [4.78, 5) is 2.51. The number of benzene rings is 2. The molecule has 2 unspecified atom stereocenters. The number of likely N-dealkylation sites (tertiary alicyclic amines) is 1. The number of rotatable bonds is 4. The van der Waals surface area contributed by atoms with Crippen LogP contribution in [0.4, 0.5) is 0 Å². The maximum Gasteiger partial charge on any atom is 0.0234 e. The molecule has 0 radical (unpaired) electrons. The van der Waals surface area contributed by atoms with Gasteiger partial charge in [-0.1, -0.05) is 60.7 Å². The fourth-order valence-electron chi connectivity index (χ4n) is 3.41. The van der Waals surface area contributed by atoms with E-state index in [2.05, 4.69) is 65.6 Å². The van der Waals surface area contributed by atoms with E-state index in [0.29, 0.717) is 12.0 Å². The van der Waals surface area contributed by atoms with E-state index in [1.807, 2.05) is 0 Å². The zero-order valence-electron chi connectivity index (χ0n) is 12.5. The molecule has 0 bridgehead atoms. The van der Waals surface area contributed by atoms with Crippen LogP contribution in [0.1, 0.15) is 17.5 Å². The predicted octanol–water partition coefficient (Wildman–Crippen LogP) is 3.08. The van der Waals surface area contributed by atoms with Gasteiger partial charge in [0.1, 0.15) is 0 Å². The SMILES string of the molecule is NC1CC(Cc2ccccc2)CN(Cc2ccccc2)C1. The molecule has 21 heavy (non-hydrogen) atoms. The first-order chi connectivity index (χ1) is 10.3. The molecule has 0 spiro atoms. The number of hydrogen-bond donors (Lipinski definition) is 1. The molecule has 1 aliphatic rings. The lowest BCUT2D eigenvalue weighted by Crippen LogP contribution is -2.47. The Morgan fingerprint density at radius 2 is 1.48 bits per heavy atom. The van der Waals surface area contributed by atoms with Crippen LogP contribution in [0.15, 0.2) is 60.7 Å². The molecule has 2 atom stereocenters. The topological polar surface area (TPSA) is 29.3 Å². The Bertz CT molecular complexity index is 489. The van der Waals surface area contributed by atoms with Gasteiger partial charge in [0.05, 0.1) is 0 Å². The lowest BCUT2D eigenvalue weighted by Gasteiger charge is -2.36. The summed E-state index contributed by atoms with van der Waals surface area (Å²) in [5, 5.41) is 0. The first kappa shape index (κ1) is 14.3. The third kappa shape index (κ3) is 4.16. The van der Waals surface area contributed by atoms with Gasteiger partial charge in [0.2, 0.25) is 0 Å². The van der Waals surface area contributed by atoms with E-state index < -0.39 is 0 Å². The van der Waals surface area contributed by atoms with E-state index in [-0.39, 0.29) is 0 Å². The minimum absolute atomic E-state index is 0.302. The molecule has 1 aliphatic heterocycles. The van der Waals surface area contributed by atoms with E-state index in [4.69, 9.17) is 5.73 Å². The minimum atomic E-state index is 0.302. The van der Waals surface area contributed by atoms with Crippen molar-refractivity contribution in [2.75, 3.05) is 13.1 Å². The van der Waals surface area contributed by atoms with E-state index in [9.17, 15) is 0 Å². The molecule has 0 aromatic heterocycles. The number of hydrogen-bond acceptors (Lipinski definition) is 2. The van der Waals surface area contributed by atoms with Crippen LogP contribution in [-0.4, -0.2) is 24.0 Å². The van der Waals surface area contributed by atoms with E-state index >= 15 is 0 Å². The summed E-state index contributed by atoms with van der Waals surface area (Å²) in [7, 11) is 0. The van der Waals surface area contributed by atoms with Gasteiger partial charge in [0.25, 0.3) is 0 Å². The Morgan fingerprint density at radius 1 is 0.857 bits per heavy atom. The molecular weight excluding hydrogens is 256 g/mol. The quantitative estimate of drug-likeness (QED) is 0.932. The molecule has 1 saturated heterocycles. The highest BCUT2D eigenvalue weighted by molar-refractivity contribution is 5.16. The van der Waals surface area contributed by atoms with Crippen LogP contribution in [0.5, 0.6) is 0 Å². The molecule has 2 aromatic rings. The fourth-order valence-corrected chi connectivity index (χ4v) is 3.41. The third-order valence-electron chi connectivity index (χ3n) is 4.26. The summed E-state index contributed by atoms with van der Waals surface area (Å²) in [6, 6.07) is 21.8. The molecule has 0 aliphatic carbocycles. The van der Waals surface area contributed by atoms with Crippen LogP contribution in [0.2, 0.25) is 0 Å². The maximum absolute atomic E-state index is 6.28. The minimum Gasteiger partial charge on any atom is -0.327 e.